The molecule has 4 heterocycles. The highest BCUT2D eigenvalue weighted by Gasteiger charge is 2.23. The molecule has 0 radical (unpaired) electrons. The molecule has 0 saturated carbocycles. The number of aliphatic hydroxyl groups is 1. The summed E-state index contributed by atoms with van der Waals surface area (Å²) in [6, 6.07) is 6.41. The van der Waals surface area contributed by atoms with Gasteiger partial charge in [-0.25, -0.2) is 14.5 Å². The summed E-state index contributed by atoms with van der Waals surface area (Å²) < 4.78 is 1.47. The summed E-state index contributed by atoms with van der Waals surface area (Å²) in [6.45, 7) is 6.49. The molecular weight excluding hydrogens is 438 g/mol. The molecule has 0 bridgehead atoms. The molecule has 4 rings (SSSR count). The smallest absolute Gasteiger partial charge is 0.317 e. The first-order chi connectivity index (χ1) is 16.4. The van der Waals surface area contributed by atoms with Crippen LogP contribution < -0.4 is 10.6 Å². The van der Waals surface area contributed by atoms with Crippen molar-refractivity contribution in [3.8, 4) is 11.5 Å². The molecule has 3 amide bonds. The lowest BCUT2D eigenvalue weighted by Gasteiger charge is -2.29. The van der Waals surface area contributed by atoms with E-state index in [0.29, 0.717) is 36.8 Å². The molecule has 0 saturated heterocycles. The molecule has 0 aromatic carbocycles. The second-order valence-corrected chi connectivity index (χ2v) is 8.45. The largest absolute Gasteiger partial charge is 0.394 e. The van der Waals surface area contributed by atoms with Gasteiger partial charge in [0.1, 0.15) is 17.2 Å². The van der Waals surface area contributed by atoms with E-state index >= 15 is 0 Å². The standard InChI is InChI=1S/C22H27N9O3/c1-13(2)24-22(34)30-8-7-15-10-23-18(9-16(15)11-30)21(33)26-19-6-4-5-17(25-19)20-27-28-29-31(20)14(3)12-32/h4-6,9-10,13-14,32H,7-8,11-12H2,1-3H3,(H,24,34)(H,25,26,33)/t14-/m1/s1. The molecule has 3 N–H and O–H groups in total. The molecule has 1 aliphatic heterocycles. The van der Waals surface area contributed by atoms with E-state index in [0.717, 1.165) is 11.1 Å². The number of tetrazole rings is 1. The second-order valence-electron chi connectivity index (χ2n) is 8.45. The van der Waals surface area contributed by atoms with Crippen molar-refractivity contribution in [3.05, 3.63) is 47.3 Å². The maximum absolute atomic E-state index is 12.9. The van der Waals surface area contributed by atoms with Crippen LogP contribution in [-0.4, -0.2) is 71.3 Å². The van der Waals surface area contributed by atoms with Crippen LogP contribution >= 0.6 is 0 Å². The fourth-order valence-corrected chi connectivity index (χ4v) is 3.62. The molecule has 178 valence electrons. The van der Waals surface area contributed by atoms with Crippen molar-refractivity contribution in [2.75, 3.05) is 18.5 Å². The van der Waals surface area contributed by atoms with Gasteiger partial charge in [-0.3, -0.25) is 9.78 Å². The number of fused-ring (bicyclic) bond motifs is 1. The molecule has 0 aliphatic carbocycles. The minimum Gasteiger partial charge on any atom is -0.394 e. The first kappa shape index (κ1) is 23.2. The first-order valence-corrected chi connectivity index (χ1v) is 11.1. The predicted octanol–water partition coefficient (Wildman–Crippen LogP) is 1.41. The third kappa shape index (κ3) is 5.01. The van der Waals surface area contributed by atoms with Gasteiger partial charge in [0, 0.05) is 25.3 Å². The van der Waals surface area contributed by atoms with Crippen LogP contribution in [0.15, 0.2) is 30.5 Å². The minimum atomic E-state index is -0.417. The summed E-state index contributed by atoms with van der Waals surface area (Å²) in [7, 11) is 0. The Morgan fingerprint density at radius 2 is 2.03 bits per heavy atom. The molecule has 1 aliphatic rings. The molecule has 3 aromatic heterocycles. The molecule has 0 spiro atoms. The Balaban J connectivity index is 1.50. The highest BCUT2D eigenvalue weighted by Crippen LogP contribution is 2.21. The number of urea groups is 1. The fourth-order valence-electron chi connectivity index (χ4n) is 3.62. The summed E-state index contributed by atoms with van der Waals surface area (Å²) in [5, 5.41) is 26.6. The molecule has 34 heavy (non-hydrogen) atoms. The number of nitrogens with one attached hydrogen (secondary N) is 2. The zero-order chi connectivity index (χ0) is 24.2. The Labute approximate surface area is 196 Å². The number of hydrogen-bond acceptors (Lipinski definition) is 8. The number of carbonyl (C=O) groups excluding carboxylic acids is 2. The van der Waals surface area contributed by atoms with Gasteiger partial charge in [-0.2, -0.15) is 0 Å². The second kappa shape index (κ2) is 9.91. The van der Waals surface area contributed by atoms with Crippen LogP contribution in [0.4, 0.5) is 10.6 Å². The lowest BCUT2D eigenvalue weighted by molar-refractivity contribution is 0.102. The van der Waals surface area contributed by atoms with Gasteiger partial charge in [-0.1, -0.05) is 6.07 Å². The van der Waals surface area contributed by atoms with E-state index in [2.05, 4.69) is 36.1 Å². The van der Waals surface area contributed by atoms with Gasteiger partial charge in [0.25, 0.3) is 5.91 Å². The SMILES string of the molecule is CC(C)NC(=O)N1CCc2cnc(C(=O)Nc3cccc(-c4nnnn4[C@H](C)CO)n3)cc2C1. The van der Waals surface area contributed by atoms with E-state index in [4.69, 9.17) is 0 Å². The van der Waals surface area contributed by atoms with Crippen molar-refractivity contribution < 1.29 is 14.7 Å². The van der Waals surface area contributed by atoms with Gasteiger partial charge in [0.2, 0.25) is 5.82 Å². The third-order valence-corrected chi connectivity index (χ3v) is 5.42. The monoisotopic (exact) mass is 465 g/mol. The topological polar surface area (TPSA) is 151 Å². The molecule has 12 heteroatoms. The van der Waals surface area contributed by atoms with Crippen LogP contribution in [0.3, 0.4) is 0 Å². The highest BCUT2D eigenvalue weighted by molar-refractivity contribution is 6.02. The number of anilines is 1. The van der Waals surface area contributed by atoms with Crippen LogP contribution in [0.2, 0.25) is 0 Å². The van der Waals surface area contributed by atoms with E-state index < -0.39 is 5.91 Å². The maximum Gasteiger partial charge on any atom is 0.317 e. The predicted molar refractivity (Wildman–Crippen MR) is 123 cm³/mol. The number of carbonyl (C=O) groups is 2. The van der Waals surface area contributed by atoms with Crippen molar-refractivity contribution in [1.29, 1.82) is 0 Å². The van der Waals surface area contributed by atoms with Crippen LogP contribution in [0.25, 0.3) is 11.5 Å². The summed E-state index contributed by atoms with van der Waals surface area (Å²) in [5.41, 5.74) is 2.60. The molecule has 0 unspecified atom stereocenters. The van der Waals surface area contributed by atoms with Crippen molar-refractivity contribution in [2.24, 2.45) is 0 Å². The summed E-state index contributed by atoms with van der Waals surface area (Å²) in [6.07, 6.45) is 2.37. The minimum absolute atomic E-state index is 0.0485. The van der Waals surface area contributed by atoms with E-state index in [9.17, 15) is 14.7 Å². The van der Waals surface area contributed by atoms with Crippen LogP contribution in [0.5, 0.6) is 0 Å². The van der Waals surface area contributed by atoms with Crippen LogP contribution in [0.1, 0.15) is 48.4 Å². The molecule has 3 aromatic rings. The lowest BCUT2D eigenvalue weighted by Crippen LogP contribution is -2.45. The summed E-state index contributed by atoms with van der Waals surface area (Å²) in [4.78, 5) is 35.7. The van der Waals surface area contributed by atoms with Crippen molar-refractivity contribution in [2.45, 2.75) is 45.8 Å². The number of aliphatic hydroxyl groups excluding tert-OH is 1. The number of hydrogen-bond donors (Lipinski definition) is 3. The van der Waals surface area contributed by atoms with E-state index in [-0.39, 0.29) is 30.4 Å². The third-order valence-electron chi connectivity index (χ3n) is 5.42. The van der Waals surface area contributed by atoms with Crippen molar-refractivity contribution >= 4 is 17.8 Å². The Hall–Kier alpha value is -3.93. The molecular formula is C22H27N9O3. The number of rotatable bonds is 6. The molecule has 12 nitrogen and oxygen atoms in total. The van der Waals surface area contributed by atoms with Crippen LogP contribution in [0, 0.1) is 0 Å². The number of nitrogens with zero attached hydrogens (tertiary/aromatic N) is 7. The number of aromatic nitrogens is 6. The van der Waals surface area contributed by atoms with Gasteiger partial charge in [0.05, 0.1) is 12.6 Å². The van der Waals surface area contributed by atoms with E-state index in [1.807, 2.05) is 13.8 Å². The molecule has 1 atom stereocenters. The van der Waals surface area contributed by atoms with Crippen LogP contribution in [-0.2, 0) is 13.0 Å². The summed E-state index contributed by atoms with van der Waals surface area (Å²) >= 11 is 0. The zero-order valence-corrected chi connectivity index (χ0v) is 19.3. The summed E-state index contributed by atoms with van der Waals surface area (Å²) in [5.74, 6) is 0.273. The Kier molecular flexibility index (Phi) is 6.77. The van der Waals surface area contributed by atoms with Gasteiger partial charge < -0.3 is 20.6 Å². The highest BCUT2D eigenvalue weighted by atomic mass is 16.3. The number of pyridine rings is 2. The lowest BCUT2D eigenvalue weighted by atomic mass is 10.0. The average molecular weight is 466 g/mol. The van der Waals surface area contributed by atoms with Gasteiger partial charge in [0.15, 0.2) is 0 Å². The Morgan fingerprint density at radius 3 is 2.79 bits per heavy atom. The number of amides is 3. The van der Waals surface area contributed by atoms with Crippen molar-refractivity contribution in [1.82, 2.24) is 40.4 Å². The zero-order valence-electron chi connectivity index (χ0n) is 19.3. The van der Waals surface area contributed by atoms with Gasteiger partial charge in [-0.15, -0.1) is 5.10 Å². The van der Waals surface area contributed by atoms with Gasteiger partial charge in [-0.05, 0) is 66.9 Å². The fraction of sp³-hybridized carbons (Fsp3) is 0.409. The van der Waals surface area contributed by atoms with E-state index in [1.54, 1.807) is 42.3 Å². The quantitative estimate of drug-likeness (QED) is 0.494. The van der Waals surface area contributed by atoms with Crippen molar-refractivity contribution in [3.63, 3.8) is 0 Å². The normalized spacial score (nSPS) is 14.0. The molecule has 0 fully saturated rings. The maximum atomic E-state index is 12.9. The average Bonchev–Trinajstić information content (AvgIpc) is 3.32. The Bertz CT molecular complexity index is 1190. The Morgan fingerprint density at radius 1 is 1.21 bits per heavy atom. The first-order valence-electron chi connectivity index (χ1n) is 11.1. The van der Waals surface area contributed by atoms with E-state index in [1.165, 1.54) is 4.68 Å². The van der Waals surface area contributed by atoms with Gasteiger partial charge >= 0.3 is 6.03 Å².